The second kappa shape index (κ2) is 10.2. The van der Waals surface area contributed by atoms with Crippen molar-refractivity contribution in [2.75, 3.05) is 10.6 Å². The van der Waals surface area contributed by atoms with Crippen LogP contribution in [0.1, 0.15) is 20.3 Å². The van der Waals surface area contributed by atoms with Crippen molar-refractivity contribution in [3.8, 4) is 5.75 Å². The fourth-order valence-electron chi connectivity index (χ4n) is 2.66. The van der Waals surface area contributed by atoms with Gasteiger partial charge in [-0.3, -0.25) is 14.4 Å². The molecule has 2 aromatic carbocycles. The highest BCUT2D eigenvalue weighted by molar-refractivity contribution is 7.92. The maximum atomic E-state index is 12.8. The summed E-state index contributed by atoms with van der Waals surface area (Å²) >= 11 is 6.14. The maximum Gasteiger partial charge on any atom is 0.248 e. The van der Waals surface area contributed by atoms with Gasteiger partial charge in [0.15, 0.2) is 15.6 Å². The zero-order chi connectivity index (χ0) is 23.2. The molecule has 8 nitrogen and oxygen atoms in total. The lowest BCUT2D eigenvalue weighted by atomic mass is 10.2. The van der Waals surface area contributed by atoms with Crippen molar-refractivity contribution in [2.24, 2.45) is 0 Å². The number of phenols is 1. The van der Waals surface area contributed by atoms with Crippen LogP contribution in [0.4, 0.5) is 11.4 Å². The minimum absolute atomic E-state index is 0.0163. The summed E-state index contributed by atoms with van der Waals surface area (Å²) in [5, 5.41) is 13.5. The molecule has 0 aliphatic rings. The van der Waals surface area contributed by atoms with E-state index in [1.807, 2.05) is 0 Å². The van der Waals surface area contributed by atoms with E-state index >= 15 is 0 Å². The molecule has 2 amide bonds. The fraction of sp³-hybridized carbons (Fsp3) is 0.190. The first kappa shape index (κ1) is 24.1. The molecule has 2 aromatic rings. The number of carbonyl (C=O) groups excluding carboxylic acids is 3. The third-order valence-corrected chi connectivity index (χ3v) is 6.72. The van der Waals surface area contributed by atoms with Gasteiger partial charge in [-0.25, -0.2) is 8.42 Å². The van der Waals surface area contributed by atoms with Crippen molar-refractivity contribution < 1.29 is 27.9 Å². The summed E-state index contributed by atoms with van der Waals surface area (Å²) in [7, 11) is -3.94. The maximum absolute atomic E-state index is 12.8. The Bertz CT molecular complexity index is 1130. The lowest BCUT2D eigenvalue weighted by molar-refractivity contribution is -0.116. The zero-order valence-electron chi connectivity index (χ0n) is 16.8. The first-order valence-corrected chi connectivity index (χ1v) is 11.1. The molecule has 0 spiro atoms. The zero-order valence-corrected chi connectivity index (χ0v) is 18.3. The van der Waals surface area contributed by atoms with Crippen molar-refractivity contribution in [3.05, 3.63) is 59.6 Å². The summed E-state index contributed by atoms with van der Waals surface area (Å²) in [6, 6.07) is 9.88. The number of amides is 2. The normalized spacial score (nSPS) is 12.4. The molecule has 164 valence electrons. The lowest BCUT2D eigenvalue weighted by Gasteiger charge is -2.17. The smallest absolute Gasteiger partial charge is 0.248 e. The van der Waals surface area contributed by atoms with E-state index < -0.39 is 32.7 Å². The SMILES string of the molecule is CCC(C(=O)Nc1cc(O)c(NC(=O)/C=C/C(C)=O)cc1Cl)S(=O)(=O)c1ccccc1. The standard InChI is InChI=1S/C21H21ClN2O6S/c1-3-19(31(29,30)14-7-5-4-6-8-14)21(28)24-16-12-18(26)17(11-15(16)22)23-20(27)10-9-13(2)25/h4-12,19,26H,3H2,1-2H3,(H,23,27)(H,24,28)/b10-9+. The van der Waals surface area contributed by atoms with E-state index in [0.29, 0.717) is 0 Å². The van der Waals surface area contributed by atoms with Crippen LogP contribution in [0.3, 0.4) is 0 Å². The van der Waals surface area contributed by atoms with Crippen LogP contribution in [-0.4, -0.2) is 36.4 Å². The molecule has 3 N–H and O–H groups in total. The molecule has 0 radical (unpaired) electrons. The molecule has 2 rings (SSSR count). The van der Waals surface area contributed by atoms with Crippen molar-refractivity contribution in [1.29, 1.82) is 0 Å². The van der Waals surface area contributed by atoms with Crippen LogP contribution in [0.25, 0.3) is 0 Å². The number of carbonyl (C=O) groups is 3. The van der Waals surface area contributed by atoms with Gasteiger partial charge >= 0.3 is 0 Å². The molecule has 0 saturated heterocycles. The third kappa shape index (κ3) is 6.16. The van der Waals surface area contributed by atoms with Gasteiger partial charge in [-0.2, -0.15) is 0 Å². The average molecular weight is 465 g/mol. The predicted octanol–water partition coefficient (Wildman–Crippen LogP) is 3.32. The number of halogens is 1. The van der Waals surface area contributed by atoms with E-state index in [1.54, 1.807) is 25.1 Å². The van der Waals surface area contributed by atoms with Gasteiger partial charge in [0.05, 0.1) is 21.3 Å². The number of allylic oxidation sites excluding steroid dienone is 1. The molecule has 1 unspecified atom stereocenters. The summed E-state index contributed by atoms with van der Waals surface area (Å²) in [5.74, 6) is -2.22. The number of benzene rings is 2. The first-order chi connectivity index (χ1) is 14.6. The Hall–Kier alpha value is -3.17. The Balaban J connectivity index is 2.23. The number of hydrogen-bond acceptors (Lipinski definition) is 6. The Morgan fingerprint density at radius 1 is 1.06 bits per heavy atom. The van der Waals surface area contributed by atoms with Gasteiger partial charge in [-0.1, -0.05) is 36.7 Å². The Morgan fingerprint density at radius 2 is 1.71 bits per heavy atom. The van der Waals surface area contributed by atoms with Gasteiger partial charge < -0.3 is 15.7 Å². The molecular weight excluding hydrogens is 444 g/mol. The molecule has 0 aliphatic carbocycles. The van der Waals surface area contributed by atoms with E-state index in [1.165, 1.54) is 25.1 Å². The molecule has 0 fully saturated rings. The summed E-state index contributed by atoms with van der Waals surface area (Å²) < 4.78 is 25.6. The second-order valence-electron chi connectivity index (χ2n) is 6.53. The van der Waals surface area contributed by atoms with Crippen LogP contribution >= 0.6 is 11.6 Å². The van der Waals surface area contributed by atoms with Gasteiger partial charge in [0.2, 0.25) is 11.8 Å². The highest BCUT2D eigenvalue weighted by Crippen LogP contribution is 2.34. The average Bonchev–Trinajstić information content (AvgIpc) is 2.71. The minimum atomic E-state index is -3.94. The van der Waals surface area contributed by atoms with Crippen LogP contribution in [0, 0.1) is 0 Å². The minimum Gasteiger partial charge on any atom is -0.506 e. The molecule has 1 atom stereocenters. The Morgan fingerprint density at radius 3 is 2.29 bits per heavy atom. The molecule has 0 aliphatic heterocycles. The number of sulfone groups is 1. The van der Waals surface area contributed by atoms with Crippen LogP contribution in [-0.2, 0) is 24.2 Å². The number of ketones is 1. The van der Waals surface area contributed by atoms with Gasteiger partial charge in [-0.05, 0) is 37.6 Å². The highest BCUT2D eigenvalue weighted by Gasteiger charge is 2.32. The van der Waals surface area contributed by atoms with Crippen molar-refractivity contribution in [3.63, 3.8) is 0 Å². The number of anilines is 2. The highest BCUT2D eigenvalue weighted by atomic mass is 35.5. The van der Waals surface area contributed by atoms with Crippen LogP contribution in [0.15, 0.2) is 59.5 Å². The molecule has 0 heterocycles. The lowest BCUT2D eigenvalue weighted by Crippen LogP contribution is -2.34. The fourth-order valence-corrected chi connectivity index (χ4v) is 4.51. The van der Waals surface area contributed by atoms with E-state index in [2.05, 4.69) is 10.6 Å². The summed E-state index contributed by atoms with van der Waals surface area (Å²) in [5.41, 5.74) is -0.0756. The topological polar surface area (TPSA) is 130 Å². The molecule has 0 saturated carbocycles. The summed E-state index contributed by atoms with van der Waals surface area (Å²) in [6.45, 7) is 2.84. The molecular formula is C21H21ClN2O6S. The Labute approximate surface area is 184 Å². The number of phenolic OH excluding ortho intramolecular Hbond substituents is 1. The van der Waals surface area contributed by atoms with Gasteiger partial charge in [0.25, 0.3) is 0 Å². The molecule has 0 aromatic heterocycles. The number of aromatic hydroxyl groups is 1. The molecule has 10 heteroatoms. The predicted molar refractivity (Wildman–Crippen MR) is 118 cm³/mol. The molecule has 0 bridgehead atoms. The van der Waals surface area contributed by atoms with Gasteiger partial charge in [0, 0.05) is 12.1 Å². The largest absolute Gasteiger partial charge is 0.506 e. The van der Waals surface area contributed by atoms with Crippen molar-refractivity contribution in [2.45, 2.75) is 30.4 Å². The quantitative estimate of drug-likeness (QED) is 0.406. The number of rotatable bonds is 8. The number of nitrogens with one attached hydrogen (secondary N) is 2. The van der Waals surface area contributed by atoms with E-state index in [0.717, 1.165) is 18.2 Å². The third-order valence-electron chi connectivity index (χ3n) is 4.18. The van der Waals surface area contributed by atoms with Crippen LogP contribution < -0.4 is 10.6 Å². The van der Waals surface area contributed by atoms with Gasteiger partial charge in [-0.15, -0.1) is 0 Å². The molecule has 31 heavy (non-hydrogen) atoms. The van der Waals surface area contributed by atoms with Crippen molar-refractivity contribution in [1.82, 2.24) is 0 Å². The van der Waals surface area contributed by atoms with E-state index in [9.17, 15) is 27.9 Å². The van der Waals surface area contributed by atoms with Crippen molar-refractivity contribution >= 4 is 50.4 Å². The second-order valence-corrected chi connectivity index (χ2v) is 9.06. The van der Waals surface area contributed by atoms with Crippen LogP contribution in [0.5, 0.6) is 5.75 Å². The van der Waals surface area contributed by atoms with E-state index in [-0.39, 0.29) is 33.5 Å². The monoisotopic (exact) mass is 464 g/mol. The van der Waals surface area contributed by atoms with Gasteiger partial charge in [0.1, 0.15) is 11.0 Å². The van der Waals surface area contributed by atoms with E-state index in [4.69, 9.17) is 11.6 Å². The number of hydrogen-bond donors (Lipinski definition) is 3. The summed E-state index contributed by atoms with van der Waals surface area (Å²) in [6.07, 6.45) is 2.07. The van der Waals surface area contributed by atoms with Crippen LogP contribution in [0.2, 0.25) is 5.02 Å². The Kier molecular flexibility index (Phi) is 7.95. The summed E-state index contributed by atoms with van der Waals surface area (Å²) in [4.78, 5) is 35.4. The first-order valence-electron chi connectivity index (χ1n) is 9.18.